The van der Waals surface area contributed by atoms with Gasteiger partial charge in [-0.2, -0.15) is 0 Å². The van der Waals surface area contributed by atoms with Crippen molar-refractivity contribution in [2.75, 3.05) is 0 Å². The van der Waals surface area contributed by atoms with Crippen molar-refractivity contribution in [1.82, 2.24) is 0 Å². The van der Waals surface area contributed by atoms with Gasteiger partial charge in [-0.05, 0) is 134 Å². The molecule has 5 nitrogen and oxygen atoms in total. The van der Waals surface area contributed by atoms with E-state index in [0.29, 0.717) is 34.1 Å². The molecule has 0 saturated carbocycles. The van der Waals surface area contributed by atoms with E-state index in [-0.39, 0.29) is 11.5 Å². The average molecular weight is 915 g/mol. The number of fused-ring (bicyclic) bond motifs is 4. The molecule has 0 bridgehead atoms. The van der Waals surface area contributed by atoms with Crippen molar-refractivity contribution in [3.05, 3.63) is 244 Å². The van der Waals surface area contributed by atoms with Crippen LogP contribution in [0.15, 0.2) is 212 Å². The molecule has 2 aliphatic rings. The lowest BCUT2D eigenvalue weighted by Gasteiger charge is -2.21. The van der Waals surface area contributed by atoms with E-state index >= 15 is 0 Å². The van der Waals surface area contributed by atoms with Gasteiger partial charge in [0.15, 0.2) is 0 Å². The van der Waals surface area contributed by atoms with Crippen molar-refractivity contribution < 1.29 is 24.4 Å². The van der Waals surface area contributed by atoms with Gasteiger partial charge in [0, 0.05) is 34.8 Å². The summed E-state index contributed by atoms with van der Waals surface area (Å²) in [5.74, 6) is 2.85. The molecule has 0 saturated heterocycles. The van der Waals surface area contributed by atoms with Gasteiger partial charge in [-0.25, -0.2) is 0 Å². The van der Waals surface area contributed by atoms with E-state index in [4.69, 9.17) is 14.2 Å². The Morgan fingerprint density at radius 3 is 2.07 bits per heavy atom. The first-order chi connectivity index (χ1) is 34.3. The van der Waals surface area contributed by atoms with Crippen LogP contribution in [0, 0.1) is 0 Å². The van der Waals surface area contributed by atoms with E-state index in [1.54, 1.807) is 6.08 Å². The van der Waals surface area contributed by atoms with E-state index in [0.717, 1.165) is 101 Å². The van der Waals surface area contributed by atoms with Crippen LogP contribution in [-0.2, 0) is 4.74 Å². The number of hydrogen-bond donors (Lipinski definition) is 2. The Kier molecular flexibility index (Phi) is 13.2. The summed E-state index contributed by atoms with van der Waals surface area (Å²) in [5.41, 5.74) is 4.83. The summed E-state index contributed by atoms with van der Waals surface area (Å²) >= 11 is 0. The Morgan fingerprint density at radius 1 is 0.643 bits per heavy atom. The lowest BCUT2D eigenvalue weighted by molar-refractivity contribution is -0.0282. The summed E-state index contributed by atoms with van der Waals surface area (Å²) in [7, 11) is 0. The maximum absolute atomic E-state index is 11.7. The molecule has 0 spiro atoms. The van der Waals surface area contributed by atoms with Crippen LogP contribution in [0.3, 0.4) is 0 Å². The number of aliphatic hydroxyl groups is 1. The summed E-state index contributed by atoms with van der Waals surface area (Å²) in [6.07, 6.45) is 25.6. The third-order valence-corrected chi connectivity index (χ3v) is 13.0. The summed E-state index contributed by atoms with van der Waals surface area (Å²) in [6, 6.07) is 48.9. The Morgan fingerprint density at radius 2 is 1.30 bits per heavy atom. The second kappa shape index (κ2) is 20.4. The predicted octanol–water partition coefficient (Wildman–Crippen LogP) is 13.9. The van der Waals surface area contributed by atoms with Crippen LogP contribution in [0.1, 0.15) is 50.7 Å². The maximum atomic E-state index is 11.7. The van der Waals surface area contributed by atoms with E-state index in [1.165, 1.54) is 0 Å². The normalized spacial score (nSPS) is 15.4. The Hall–Kier alpha value is -8.54. The summed E-state index contributed by atoms with van der Waals surface area (Å²) < 4.78 is 20.0. The molecule has 0 radical (unpaired) electrons. The average Bonchev–Trinajstić information content (AvgIpc) is 3.64. The first-order valence-electron chi connectivity index (χ1n) is 24.0. The molecule has 8 aromatic carbocycles. The molecule has 344 valence electrons. The molecule has 70 heavy (non-hydrogen) atoms. The Balaban J connectivity index is 0.988. The SMILES string of the molecule is C=C(/C(O)=C\C=C1\C=CC=CC1)c1c(OC(C)O/C(C)=C/C=c2/cccc/c2=C\c2c(Oc3ccc4ccccc4c3-c3c(O)ccc4c3=CCCCC=4)ccc3ccccc23)ccc2ccccc12. The highest BCUT2D eigenvalue weighted by Gasteiger charge is 2.20. The zero-order chi connectivity index (χ0) is 48.0. The second-order valence-corrected chi connectivity index (χ2v) is 17.7. The molecule has 1 atom stereocenters. The highest BCUT2D eigenvalue weighted by atomic mass is 16.7. The fourth-order valence-electron chi connectivity index (χ4n) is 9.52. The summed E-state index contributed by atoms with van der Waals surface area (Å²) in [5, 5.41) is 33.2. The van der Waals surface area contributed by atoms with Gasteiger partial charge >= 0.3 is 0 Å². The Bertz CT molecular complexity index is 3770. The third-order valence-electron chi connectivity index (χ3n) is 13.0. The number of ether oxygens (including phenoxy) is 3. The minimum atomic E-state index is -0.675. The van der Waals surface area contributed by atoms with Gasteiger partial charge in [0.05, 0.1) is 5.76 Å². The number of phenols is 1. The molecular weight excluding hydrogens is 861 g/mol. The van der Waals surface area contributed by atoms with Crippen molar-refractivity contribution in [2.45, 2.75) is 45.8 Å². The molecule has 0 amide bonds. The first kappa shape index (κ1) is 45.3. The van der Waals surface area contributed by atoms with Gasteiger partial charge in [0.1, 0.15) is 28.8 Å². The topological polar surface area (TPSA) is 68.2 Å². The number of benzene rings is 8. The van der Waals surface area contributed by atoms with E-state index < -0.39 is 6.29 Å². The number of allylic oxidation sites excluding steroid dienone is 10. The molecule has 0 aliphatic heterocycles. The highest BCUT2D eigenvalue weighted by molar-refractivity contribution is 6.02. The van der Waals surface area contributed by atoms with Crippen LogP contribution in [0.2, 0.25) is 0 Å². The van der Waals surface area contributed by atoms with Crippen LogP contribution >= 0.6 is 0 Å². The number of aliphatic hydroxyl groups excluding tert-OH is 1. The number of rotatable bonds is 12. The van der Waals surface area contributed by atoms with Crippen molar-refractivity contribution >= 4 is 62.2 Å². The molecule has 8 aromatic rings. The zero-order valence-electron chi connectivity index (χ0n) is 39.4. The minimum Gasteiger partial charge on any atom is -0.507 e. The van der Waals surface area contributed by atoms with Crippen LogP contribution in [-0.4, -0.2) is 16.5 Å². The fraction of sp³-hybridized carbons (Fsp3) is 0.108. The Labute approximate surface area is 408 Å². The highest BCUT2D eigenvalue weighted by Crippen LogP contribution is 2.43. The summed E-state index contributed by atoms with van der Waals surface area (Å²) in [4.78, 5) is 0. The van der Waals surface area contributed by atoms with Crippen LogP contribution < -0.4 is 30.3 Å². The number of phenolic OH excluding ortho intramolecular Hbond substituents is 1. The molecular formula is C65H54O5. The van der Waals surface area contributed by atoms with Crippen LogP contribution in [0.5, 0.6) is 23.0 Å². The van der Waals surface area contributed by atoms with Gasteiger partial charge < -0.3 is 24.4 Å². The molecule has 10 rings (SSSR count). The lowest BCUT2D eigenvalue weighted by atomic mass is 9.93. The third kappa shape index (κ3) is 9.60. The molecule has 1 unspecified atom stereocenters. The standard InChI is InChI=1S/C65H54O5/c1-43(68-45(3)69-61-40-35-50-23-13-16-28-54(50)63(61)44(2)58(66)37-31-46-18-6-4-7-19-46)30-32-47-20-10-11-25-52(47)42-57-53-26-15-12-22-48(53)34-39-60(57)70-62-41-36-51-24-14-17-29-56(51)65(62)64-55-27-9-5-8-21-49(55)33-38-59(64)67/h4,6-7,10-18,20-42,45,66-67H,2,5,8-9,19H2,1,3H3/b43-30+,46-31-,47-32-,52-42+,58-37+. The second-order valence-electron chi connectivity index (χ2n) is 17.7. The summed E-state index contributed by atoms with van der Waals surface area (Å²) in [6.45, 7) is 8.09. The van der Waals surface area contributed by atoms with Crippen molar-refractivity contribution in [3.63, 3.8) is 0 Å². The number of hydrogen-bond acceptors (Lipinski definition) is 5. The van der Waals surface area contributed by atoms with Crippen molar-refractivity contribution in [2.24, 2.45) is 0 Å². The smallest absolute Gasteiger partial charge is 0.237 e. The van der Waals surface area contributed by atoms with Gasteiger partial charge in [0.25, 0.3) is 0 Å². The van der Waals surface area contributed by atoms with Crippen LogP contribution in [0.4, 0.5) is 0 Å². The van der Waals surface area contributed by atoms with E-state index in [9.17, 15) is 10.2 Å². The first-order valence-corrected chi connectivity index (χ1v) is 24.0. The maximum Gasteiger partial charge on any atom is 0.237 e. The van der Waals surface area contributed by atoms with Crippen molar-refractivity contribution in [3.8, 4) is 34.1 Å². The molecule has 2 aliphatic carbocycles. The molecule has 5 heteroatoms. The van der Waals surface area contributed by atoms with Gasteiger partial charge in [0.2, 0.25) is 6.29 Å². The van der Waals surface area contributed by atoms with Crippen LogP contribution in [0.25, 0.3) is 73.3 Å². The largest absolute Gasteiger partial charge is 0.507 e. The zero-order valence-corrected chi connectivity index (χ0v) is 39.4. The van der Waals surface area contributed by atoms with Gasteiger partial charge in [-0.15, -0.1) is 0 Å². The molecule has 0 aromatic heterocycles. The van der Waals surface area contributed by atoms with Crippen molar-refractivity contribution in [1.29, 1.82) is 0 Å². The predicted molar refractivity (Wildman–Crippen MR) is 290 cm³/mol. The molecule has 2 N–H and O–H groups in total. The van der Waals surface area contributed by atoms with E-state index in [1.807, 2.05) is 129 Å². The van der Waals surface area contributed by atoms with E-state index in [2.05, 4.69) is 97.6 Å². The van der Waals surface area contributed by atoms with Gasteiger partial charge in [-0.1, -0.05) is 177 Å². The monoisotopic (exact) mass is 914 g/mol. The minimum absolute atomic E-state index is 0.0608. The fourth-order valence-corrected chi connectivity index (χ4v) is 9.52. The quantitative estimate of drug-likeness (QED) is 0.0726. The molecule has 0 heterocycles. The number of aromatic hydroxyl groups is 1. The lowest BCUT2D eigenvalue weighted by Crippen LogP contribution is -2.26. The van der Waals surface area contributed by atoms with Gasteiger partial charge in [-0.3, -0.25) is 0 Å². The molecule has 0 fully saturated rings.